The standard InChI is InChI=1S/C30H35F5N4O3/c1-16(2)14-22(26(41)39-23-17(3)10-11-29(31,32)25(23)40)38-24(30(33,34)35)19-6-4-18(5-7-19)21-9-8-20(15-37-21)28(12-13-28)27(36)42/h4-9,15-17,22-24,38H,10-14H2,1-3H3,(H2,36,42)(H,39,41)/t17?,22-,23-,24-/m0/s1. The first-order valence-electron chi connectivity index (χ1n) is 14.0. The Kier molecular flexibility index (Phi) is 8.78. The number of carbonyl (C=O) groups excluding carboxylic acids is 3. The third-order valence-corrected chi connectivity index (χ3v) is 8.22. The lowest BCUT2D eigenvalue weighted by molar-refractivity contribution is -0.162. The number of ketones is 1. The number of nitrogens with one attached hydrogen (secondary N) is 2. The molecule has 2 amide bonds. The summed E-state index contributed by atoms with van der Waals surface area (Å²) in [6.07, 6.45) is -2.63. The molecule has 1 unspecified atom stereocenters. The van der Waals surface area contributed by atoms with Gasteiger partial charge < -0.3 is 11.1 Å². The second-order valence-corrected chi connectivity index (χ2v) is 11.9. The van der Waals surface area contributed by atoms with Crippen molar-refractivity contribution in [1.29, 1.82) is 0 Å². The molecule has 4 N–H and O–H groups in total. The third kappa shape index (κ3) is 6.63. The van der Waals surface area contributed by atoms with Gasteiger partial charge in [0, 0.05) is 18.2 Å². The second kappa shape index (κ2) is 11.7. The van der Waals surface area contributed by atoms with Gasteiger partial charge >= 0.3 is 12.1 Å². The summed E-state index contributed by atoms with van der Waals surface area (Å²) >= 11 is 0. The van der Waals surface area contributed by atoms with E-state index in [1.807, 2.05) is 0 Å². The Bertz CT molecular complexity index is 1310. The number of hydrogen-bond donors (Lipinski definition) is 3. The van der Waals surface area contributed by atoms with Crippen molar-refractivity contribution in [1.82, 2.24) is 15.6 Å². The number of rotatable bonds is 10. The van der Waals surface area contributed by atoms with Gasteiger partial charge in [0.25, 0.3) is 0 Å². The fourth-order valence-electron chi connectivity index (χ4n) is 5.45. The van der Waals surface area contributed by atoms with Crippen molar-refractivity contribution in [2.24, 2.45) is 17.6 Å². The highest BCUT2D eigenvalue weighted by molar-refractivity contribution is 5.95. The molecule has 0 aliphatic heterocycles. The quantitative estimate of drug-likeness (QED) is 0.336. The molecule has 2 aliphatic rings. The number of hydrogen-bond acceptors (Lipinski definition) is 5. The molecule has 0 radical (unpaired) electrons. The van der Waals surface area contributed by atoms with Gasteiger partial charge in [-0.2, -0.15) is 22.0 Å². The van der Waals surface area contributed by atoms with E-state index in [4.69, 9.17) is 5.73 Å². The van der Waals surface area contributed by atoms with Crippen LogP contribution in [0.5, 0.6) is 0 Å². The van der Waals surface area contributed by atoms with Crippen molar-refractivity contribution in [3.05, 3.63) is 53.7 Å². The van der Waals surface area contributed by atoms with Gasteiger partial charge in [-0.05, 0) is 54.7 Å². The van der Waals surface area contributed by atoms with Crippen LogP contribution >= 0.6 is 0 Å². The minimum Gasteiger partial charge on any atom is -0.369 e. The Labute approximate surface area is 240 Å². The zero-order chi connectivity index (χ0) is 31.0. The molecule has 4 atom stereocenters. The first kappa shape index (κ1) is 31.5. The van der Waals surface area contributed by atoms with Gasteiger partial charge in [0.15, 0.2) is 0 Å². The van der Waals surface area contributed by atoms with Crippen molar-refractivity contribution in [2.45, 2.75) is 88.5 Å². The summed E-state index contributed by atoms with van der Waals surface area (Å²) < 4.78 is 71.0. The van der Waals surface area contributed by atoms with Gasteiger partial charge in [-0.25, -0.2) is 0 Å². The minimum atomic E-state index is -4.80. The van der Waals surface area contributed by atoms with E-state index in [0.29, 0.717) is 29.7 Å². The van der Waals surface area contributed by atoms with Crippen LogP contribution in [0.1, 0.15) is 70.0 Å². The number of primary amides is 1. The maximum absolute atomic E-state index is 14.3. The predicted octanol–water partition coefficient (Wildman–Crippen LogP) is 4.99. The van der Waals surface area contributed by atoms with Crippen LogP contribution in [0.25, 0.3) is 11.3 Å². The molecule has 4 rings (SSSR count). The van der Waals surface area contributed by atoms with E-state index >= 15 is 0 Å². The van der Waals surface area contributed by atoms with Gasteiger partial charge in [0.2, 0.25) is 17.6 Å². The molecular formula is C30H35F5N4O3. The molecule has 0 saturated heterocycles. The number of nitrogens with two attached hydrogens (primary N) is 1. The molecule has 0 spiro atoms. The third-order valence-electron chi connectivity index (χ3n) is 8.22. The zero-order valence-corrected chi connectivity index (χ0v) is 23.6. The smallest absolute Gasteiger partial charge is 0.369 e. The summed E-state index contributed by atoms with van der Waals surface area (Å²) in [5.74, 6) is -7.19. The van der Waals surface area contributed by atoms with Crippen LogP contribution < -0.4 is 16.4 Å². The lowest BCUT2D eigenvalue weighted by Crippen LogP contribution is -2.59. The van der Waals surface area contributed by atoms with E-state index in [-0.39, 0.29) is 24.3 Å². The highest BCUT2D eigenvalue weighted by atomic mass is 19.4. The first-order chi connectivity index (χ1) is 19.5. The van der Waals surface area contributed by atoms with Crippen molar-refractivity contribution < 1.29 is 36.3 Å². The van der Waals surface area contributed by atoms with Crippen LogP contribution in [0.4, 0.5) is 22.0 Å². The van der Waals surface area contributed by atoms with Gasteiger partial charge in [-0.15, -0.1) is 0 Å². The summed E-state index contributed by atoms with van der Waals surface area (Å²) in [5, 5.41) is 4.70. The first-order valence-corrected chi connectivity index (χ1v) is 14.0. The summed E-state index contributed by atoms with van der Waals surface area (Å²) in [5.41, 5.74) is 6.36. The fraction of sp³-hybridized carbons (Fsp3) is 0.533. The number of amides is 2. The number of benzene rings is 1. The van der Waals surface area contributed by atoms with E-state index in [2.05, 4.69) is 15.6 Å². The van der Waals surface area contributed by atoms with E-state index < -0.39 is 65.6 Å². The summed E-state index contributed by atoms with van der Waals surface area (Å²) in [6.45, 7) is 4.98. The lowest BCUT2D eigenvalue weighted by atomic mass is 9.82. The molecule has 1 heterocycles. The van der Waals surface area contributed by atoms with Crippen LogP contribution in [0, 0.1) is 11.8 Å². The molecule has 42 heavy (non-hydrogen) atoms. The molecule has 228 valence electrons. The number of halogens is 5. The minimum absolute atomic E-state index is 0.00686. The molecule has 7 nitrogen and oxygen atoms in total. The second-order valence-electron chi connectivity index (χ2n) is 11.9. The van der Waals surface area contributed by atoms with E-state index in [0.717, 1.165) is 0 Å². The maximum Gasteiger partial charge on any atom is 0.407 e. The van der Waals surface area contributed by atoms with Gasteiger partial charge in [-0.1, -0.05) is 51.1 Å². The number of nitrogens with zero attached hydrogens (tertiary/aromatic N) is 1. The van der Waals surface area contributed by atoms with Crippen LogP contribution in [-0.4, -0.2) is 46.8 Å². The molecule has 12 heteroatoms. The van der Waals surface area contributed by atoms with Crippen molar-refractivity contribution >= 4 is 17.6 Å². The molecule has 2 saturated carbocycles. The van der Waals surface area contributed by atoms with E-state index in [1.165, 1.54) is 24.3 Å². The highest BCUT2D eigenvalue weighted by Gasteiger charge is 2.51. The number of carbonyl (C=O) groups is 3. The van der Waals surface area contributed by atoms with Crippen molar-refractivity contribution in [2.75, 3.05) is 0 Å². The largest absolute Gasteiger partial charge is 0.407 e. The summed E-state index contributed by atoms with van der Waals surface area (Å²) in [4.78, 5) is 41.6. The van der Waals surface area contributed by atoms with Gasteiger partial charge in [0.05, 0.1) is 23.2 Å². The van der Waals surface area contributed by atoms with Gasteiger partial charge in [0.1, 0.15) is 6.04 Å². The zero-order valence-electron chi connectivity index (χ0n) is 23.6. The van der Waals surface area contributed by atoms with E-state index in [1.54, 1.807) is 39.1 Å². The molecule has 2 fully saturated rings. The number of Topliss-reactive ketones (excluding diaryl/α,β-unsaturated/α-hetero) is 1. The molecule has 0 bridgehead atoms. The van der Waals surface area contributed by atoms with Gasteiger partial charge in [-0.3, -0.25) is 24.7 Å². The maximum atomic E-state index is 14.3. The molecule has 1 aromatic heterocycles. The van der Waals surface area contributed by atoms with Crippen LogP contribution in [-0.2, 0) is 19.8 Å². The van der Waals surface area contributed by atoms with Crippen LogP contribution in [0.15, 0.2) is 42.6 Å². The highest BCUT2D eigenvalue weighted by Crippen LogP contribution is 2.47. The number of pyridine rings is 1. The Morgan fingerprint density at radius 3 is 2.21 bits per heavy atom. The lowest BCUT2D eigenvalue weighted by Gasteiger charge is -2.35. The molecular weight excluding hydrogens is 559 g/mol. The number of alkyl halides is 5. The van der Waals surface area contributed by atoms with Crippen molar-refractivity contribution in [3.63, 3.8) is 0 Å². The van der Waals surface area contributed by atoms with Crippen molar-refractivity contribution in [3.8, 4) is 11.3 Å². The monoisotopic (exact) mass is 594 g/mol. The topological polar surface area (TPSA) is 114 Å². The predicted molar refractivity (Wildman–Crippen MR) is 145 cm³/mol. The normalized spacial score (nSPS) is 22.8. The molecule has 1 aromatic carbocycles. The Morgan fingerprint density at radius 2 is 1.71 bits per heavy atom. The summed E-state index contributed by atoms with van der Waals surface area (Å²) in [7, 11) is 0. The number of aromatic nitrogens is 1. The molecule has 2 aromatic rings. The Balaban J connectivity index is 1.53. The van der Waals surface area contributed by atoms with Crippen LogP contribution in [0.2, 0.25) is 0 Å². The molecule has 2 aliphatic carbocycles. The average molecular weight is 595 g/mol. The Morgan fingerprint density at radius 1 is 1.07 bits per heavy atom. The SMILES string of the molecule is CC(C)C[C@H](N[C@@H](c1ccc(-c2ccc(C3(C(N)=O)CC3)cn2)cc1)C(F)(F)F)C(=O)N[C@@H]1C(=O)C(F)(F)CCC1C. The summed E-state index contributed by atoms with van der Waals surface area (Å²) in [6, 6.07) is 3.77. The average Bonchev–Trinajstić information content (AvgIpc) is 3.73. The Hall–Kier alpha value is -3.41. The van der Waals surface area contributed by atoms with Crippen LogP contribution in [0.3, 0.4) is 0 Å². The van der Waals surface area contributed by atoms with E-state index in [9.17, 15) is 36.3 Å². The fourth-order valence-corrected chi connectivity index (χ4v) is 5.45.